The predicted octanol–water partition coefficient (Wildman–Crippen LogP) is 5.69. The zero-order valence-electron chi connectivity index (χ0n) is 17.8. The summed E-state index contributed by atoms with van der Waals surface area (Å²) in [5.41, 5.74) is 1.15. The third-order valence-corrected chi connectivity index (χ3v) is 14.0. The lowest BCUT2D eigenvalue weighted by Crippen LogP contribution is -2.67. The fraction of sp³-hybridized carbons (Fsp3) is 0.619. The van der Waals surface area contributed by atoms with Gasteiger partial charge in [0.2, 0.25) is 0 Å². The summed E-state index contributed by atoms with van der Waals surface area (Å²) in [4.78, 5) is 0. The molecule has 0 unspecified atom stereocenters. The third kappa shape index (κ3) is 4.49. The second-order valence-corrected chi connectivity index (χ2v) is 18.1. The van der Waals surface area contributed by atoms with Crippen LogP contribution >= 0.6 is 0 Å². The second kappa shape index (κ2) is 7.25. The summed E-state index contributed by atoms with van der Waals surface area (Å²) in [6, 6.07) is 8.43. The van der Waals surface area contributed by atoms with Gasteiger partial charge < -0.3 is 0 Å². The molecule has 26 heavy (non-hydrogen) atoms. The number of benzene rings is 1. The monoisotopic (exact) mass is 396 g/mol. The van der Waals surface area contributed by atoms with E-state index in [4.69, 9.17) is 4.55 Å². The molecule has 0 aliphatic rings. The van der Waals surface area contributed by atoms with Crippen LogP contribution in [0.1, 0.15) is 67.9 Å². The van der Waals surface area contributed by atoms with E-state index in [9.17, 15) is 8.42 Å². The van der Waals surface area contributed by atoms with Crippen molar-refractivity contribution in [3.05, 3.63) is 41.3 Å². The Morgan fingerprint density at radius 2 is 1.31 bits per heavy atom. The second-order valence-electron chi connectivity index (χ2n) is 10.2. The molecule has 0 radical (unpaired) electrons. The largest absolute Gasteiger partial charge is 0.287 e. The van der Waals surface area contributed by atoms with Gasteiger partial charge in [-0.25, -0.2) is 0 Å². The van der Waals surface area contributed by atoms with Gasteiger partial charge in [-0.15, -0.1) is 0 Å². The lowest BCUT2D eigenvalue weighted by atomic mass is 10.1. The van der Waals surface area contributed by atoms with E-state index in [1.807, 2.05) is 6.07 Å². The minimum Gasteiger partial charge on any atom is -0.282 e. The van der Waals surface area contributed by atoms with Gasteiger partial charge in [0.25, 0.3) is 10.1 Å². The van der Waals surface area contributed by atoms with Gasteiger partial charge in [-0.3, -0.25) is 4.55 Å². The summed E-state index contributed by atoms with van der Waals surface area (Å²) >= 11 is 0. The van der Waals surface area contributed by atoms with Gasteiger partial charge >= 0.3 is 0 Å². The van der Waals surface area contributed by atoms with Gasteiger partial charge in [0, 0.05) is 0 Å². The van der Waals surface area contributed by atoms with Crippen molar-refractivity contribution in [3.8, 4) is 0 Å². The SMILES string of the molecule is CC(C)(C)[Si](c1ccccc1CC=CS(=O)(=O)O)(C(C)(C)C)C(C)(C)C. The first-order valence-corrected chi connectivity index (χ1v) is 12.7. The molecule has 3 nitrogen and oxygen atoms in total. The van der Waals surface area contributed by atoms with Gasteiger partial charge in [0.15, 0.2) is 0 Å². The van der Waals surface area contributed by atoms with Crippen molar-refractivity contribution >= 4 is 23.4 Å². The number of hydrogen-bond donors (Lipinski definition) is 1. The lowest BCUT2D eigenvalue weighted by Gasteiger charge is -2.60. The molecule has 1 aromatic rings. The molecule has 0 fully saturated rings. The van der Waals surface area contributed by atoms with E-state index in [2.05, 4.69) is 80.5 Å². The van der Waals surface area contributed by atoms with Crippen LogP contribution in [0.15, 0.2) is 35.7 Å². The molecule has 5 heteroatoms. The highest BCUT2D eigenvalue weighted by Crippen LogP contribution is 2.61. The van der Waals surface area contributed by atoms with Crippen molar-refractivity contribution in [3.63, 3.8) is 0 Å². The summed E-state index contributed by atoms with van der Waals surface area (Å²) in [6.45, 7) is 21.1. The van der Waals surface area contributed by atoms with Crippen LogP contribution in [0.4, 0.5) is 0 Å². The minimum absolute atomic E-state index is 0.104. The molecule has 0 saturated carbocycles. The Kier molecular flexibility index (Phi) is 6.45. The summed E-state index contributed by atoms with van der Waals surface area (Å²) in [5.74, 6) is 0. The van der Waals surface area contributed by atoms with Crippen LogP contribution in [-0.2, 0) is 16.5 Å². The molecule has 1 rings (SSSR count). The van der Waals surface area contributed by atoms with Gasteiger partial charge in [-0.2, -0.15) is 8.42 Å². The van der Waals surface area contributed by atoms with Crippen molar-refractivity contribution < 1.29 is 13.0 Å². The van der Waals surface area contributed by atoms with E-state index in [1.165, 1.54) is 5.19 Å². The molecule has 0 aliphatic heterocycles. The van der Waals surface area contributed by atoms with Crippen LogP contribution < -0.4 is 5.19 Å². The first kappa shape index (κ1) is 23.1. The maximum absolute atomic E-state index is 11.1. The van der Waals surface area contributed by atoms with Crippen LogP contribution in [0.25, 0.3) is 0 Å². The van der Waals surface area contributed by atoms with Crippen molar-refractivity contribution in [2.75, 3.05) is 0 Å². The first-order valence-electron chi connectivity index (χ1n) is 9.17. The fourth-order valence-electron chi connectivity index (χ4n) is 5.95. The van der Waals surface area contributed by atoms with Crippen LogP contribution in [-0.4, -0.2) is 21.0 Å². The molecule has 0 atom stereocenters. The van der Waals surface area contributed by atoms with Crippen molar-refractivity contribution in [1.29, 1.82) is 0 Å². The van der Waals surface area contributed by atoms with E-state index in [0.29, 0.717) is 6.42 Å². The third-order valence-electron chi connectivity index (χ3n) is 5.40. The summed E-state index contributed by atoms with van der Waals surface area (Å²) in [6.07, 6.45) is 2.04. The topological polar surface area (TPSA) is 54.4 Å². The van der Waals surface area contributed by atoms with E-state index in [-0.39, 0.29) is 15.1 Å². The Hall–Kier alpha value is -0.913. The normalized spacial score (nSPS) is 14.8. The van der Waals surface area contributed by atoms with Crippen molar-refractivity contribution in [1.82, 2.24) is 0 Å². The van der Waals surface area contributed by atoms with Crippen molar-refractivity contribution in [2.24, 2.45) is 0 Å². The molecular weight excluding hydrogens is 360 g/mol. The Labute approximate surface area is 161 Å². The Morgan fingerprint density at radius 1 is 0.885 bits per heavy atom. The summed E-state index contributed by atoms with van der Waals surface area (Å²) in [7, 11) is -6.26. The Morgan fingerprint density at radius 3 is 1.69 bits per heavy atom. The smallest absolute Gasteiger partial charge is 0.282 e. The summed E-state index contributed by atoms with van der Waals surface area (Å²) < 4.78 is 31.1. The highest BCUT2D eigenvalue weighted by atomic mass is 32.2. The molecule has 0 spiro atoms. The molecule has 148 valence electrons. The number of allylic oxidation sites excluding steroid dienone is 1. The van der Waals surface area contributed by atoms with Crippen LogP contribution in [0.2, 0.25) is 15.1 Å². The maximum atomic E-state index is 11.1. The van der Waals surface area contributed by atoms with Crippen LogP contribution in [0.3, 0.4) is 0 Å². The number of hydrogen-bond acceptors (Lipinski definition) is 2. The minimum atomic E-state index is -4.10. The van der Waals surface area contributed by atoms with Gasteiger partial charge in [0.1, 0.15) is 8.07 Å². The Balaban J connectivity index is 3.78. The standard InChI is InChI=1S/C21H36O3SSi/c1-19(2,3)26(20(4,5)6,21(7,8)9)18-15-11-10-13-17(18)14-12-16-25(22,23)24/h10-13,15-16H,14H2,1-9H3,(H,22,23,24). The molecule has 1 aromatic carbocycles. The van der Waals surface area contributed by atoms with Crippen LogP contribution in [0, 0.1) is 0 Å². The molecular formula is C21H36O3SSi. The average molecular weight is 397 g/mol. The predicted molar refractivity (Wildman–Crippen MR) is 115 cm³/mol. The average Bonchev–Trinajstić information content (AvgIpc) is 2.34. The molecule has 0 aliphatic carbocycles. The highest BCUT2D eigenvalue weighted by Gasteiger charge is 2.60. The van der Waals surface area contributed by atoms with E-state index < -0.39 is 18.2 Å². The molecule has 0 saturated heterocycles. The molecule has 1 N–H and O–H groups in total. The molecule has 0 amide bonds. The molecule has 0 bridgehead atoms. The quantitative estimate of drug-likeness (QED) is 0.525. The van der Waals surface area contributed by atoms with Gasteiger partial charge in [0.05, 0.1) is 5.41 Å². The molecule has 0 aromatic heterocycles. The first-order chi connectivity index (χ1) is 11.5. The van der Waals surface area contributed by atoms with E-state index in [1.54, 1.807) is 6.08 Å². The van der Waals surface area contributed by atoms with Crippen molar-refractivity contribution in [2.45, 2.75) is 83.8 Å². The zero-order valence-corrected chi connectivity index (χ0v) is 19.7. The van der Waals surface area contributed by atoms with Crippen LogP contribution in [0.5, 0.6) is 0 Å². The lowest BCUT2D eigenvalue weighted by molar-refractivity contribution is 0.494. The van der Waals surface area contributed by atoms with Gasteiger partial charge in [-0.05, 0) is 27.1 Å². The molecule has 0 heterocycles. The highest BCUT2D eigenvalue weighted by molar-refractivity contribution is 7.88. The Bertz CT molecular complexity index is 722. The maximum Gasteiger partial charge on any atom is 0.287 e. The fourth-order valence-corrected chi connectivity index (χ4v) is 16.5. The van der Waals surface area contributed by atoms with E-state index >= 15 is 0 Å². The van der Waals surface area contributed by atoms with Gasteiger partial charge in [-0.1, -0.05) is 97.8 Å². The number of rotatable bonds is 4. The summed E-state index contributed by atoms with van der Waals surface area (Å²) in [5, 5.41) is 2.58. The van der Waals surface area contributed by atoms with E-state index in [0.717, 1.165) is 11.0 Å². The zero-order chi connectivity index (χ0) is 20.6.